The van der Waals surface area contributed by atoms with Crippen LogP contribution < -0.4 is 5.32 Å². The van der Waals surface area contributed by atoms with Gasteiger partial charge < -0.3 is 9.88 Å². The van der Waals surface area contributed by atoms with Crippen molar-refractivity contribution in [3.63, 3.8) is 0 Å². The van der Waals surface area contributed by atoms with Crippen LogP contribution in [-0.2, 0) is 13.0 Å². The van der Waals surface area contributed by atoms with E-state index >= 15 is 0 Å². The van der Waals surface area contributed by atoms with E-state index in [0.717, 1.165) is 16.9 Å². The van der Waals surface area contributed by atoms with Gasteiger partial charge in [0.15, 0.2) is 0 Å². The number of carbonyl (C=O) groups excluding carboxylic acids is 1. The second-order valence-corrected chi connectivity index (χ2v) is 7.15. The van der Waals surface area contributed by atoms with Crippen molar-refractivity contribution in [3.8, 4) is 0 Å². The predicted molar refractivity (Wildman–Crippen MR) is 113 cm³/mol. The number of nitrogens with one attached hydrogen (secondary N) is 1. The van der Waals surface area contributed by atoms with Crippen molar-refractivity contribution >= 4 is 28.5 Å². The molecule has 1 amide bonds. The van der Waals surface area contributed by atoms with Gasteiger partial charge in [-0.3, -0.25) is 4.79 Å². The molecule has 29 heavy (non-hydrogen) atoms. The van der Waals surface area contributed by atoms with E-state index in [-0.39, 0.29) is 11.7 Å². The molecule has 0 atom stereocenters. The summed E-state index contributed by atoms with van der Waals surface area (Å²) in [6.07, 6.45) is 0.523. The molecule has 146 valence electrons. The number of carbonyl (C=O) groups is 1. The van der Waals surface area contributed by atoms with Crippen molar-refractivity contribution in [2.24, 2.45) is 0 Å². The molecule has 0 aliphatic rings. The van der Waals surface area contributed by atoms with E-state index in [0.29, 0.717) is 35.7 Å². The molecule has 6 heteroatoms. The molecule has 4 nitrogen and oxygen atoms in total. The van der Waals surface area contributed by atoms with Gasteiger partial charge in [0.25, 0.3) is 5.91 Å². The highest BCUT2D eigenvalue weighted by atomic mass is 35.5. The van der Waals surface area contributed by atoms with Crippen molar-refractivity contribution in [1.29, 1.82) is 0 Å². The third-order valence-electron chi connectivity index (χ3n) is 4.74. The second kappa shape index (κ2) is 8.45. The molecule has 0 bridgehead atoms. The van der Waals surface area contributed by atoms with Crippen molar-refractivity contribution in [2.45, 2.75) is 13.0 Å². The summed E-state index contributed by atoms with van der Waals surface area (Å²) < 4.78 is 16.2. The van der Waals surface area contributed by atoms with Crippen molar-refractivity contribution < 1.29 is 9.18 Å². The molecule has 1 aromatic heterocycles. The minimum atomic E-state index is -0.245. The highest BCUT2D eigenvalue weighted by Crippen LogP contribution is 2.19. The van der Waals surface area contributed by atoms with Gasteiger partial charge in [0.1, 0.15) is 11.6 Å². The highest BCUT2D eigenvalue weighted by molar-refractivity contribution is 6.30. The molecule has 0 unspecified atom stereocenters. The van der Waals surface area contributed by atoms with Crippen LogP contribution in [0.3, 0.4) is 0 Å². The molecule has 3 aromatic carbocycles. The molecule has 0 saturated carbocycles. The Labute approximate surface area is 173 Å². The number of benzene rings is 3. The monoisotopic (exact) mass is 407 g/mol. The van der Waals surface area contributed by atoms with Crippen LogP contribution in [0.15, 0.2) is 72.8 Å². The zero-order chi connectivity index (χ0) is 20.2. The molecule has 1 N–H and O–H groups in total. The van der Waals surface area contributed by atoms with Crippen molar-refractivity contribution in [3.05, 3.63) is 101 Å². The lowest BCUT2D eigenvalue weighted by Crippen LogP contribution is -2.26. The minimum absolute atomic E-state index is 0.190. The summed E-state index contributed by atoms with van der Waals surface area (Å²) in [5.74, 6) is 0.357. The average Bonchev–Trinajstić information content (AvgIpc) is 3.07. The predicted octanol–water partition coefficient (Wildman–Crippen LogP) is 4.85. The number of hydrogen-bond donors (Lipinski definition) is 1. The molecule has 0 aliphatic heterocycles. The zero-order valence-electron chi connectivity index (χ0n) is 15.6. The fourth-order valence-corrected chi connectivity index (χ4v) is 3.50. The summed E-state index contributed by atoms with van der Waals surface area (Å²) in [4.78, 5) is 17.0. The van der Waals surface area contributed by atoms with E-state index in [1.54, 1.807) is 36.4 Å². The van der Waals surface area contributed by atoms with Crippen LogP contribution in [-0.4, -0.2) is 22.0 Å². The Kier molecular flexibility index (Phi) is 5.58. The van der Waals surface area contributed by atoms with Crippen LogP contribution in [0.25, 0.3) is 11.0 Å². The quantitative estimate of drug-likeness (QED) is 0.496. The first-order chi connectivity index (χ1) is 14.1. The van der Waals surface area contributed by atoms with E-state index in [1.165, 1.54) is 6.07 Å². The number of rotatable bonds is 6. The molecule has 0 saturated heterocycles. The Morgan fingerprint density at radius 1 is 1.03 bits per heavy atom. The molecule has 4 rings (SSSR count). The maximum absolute atomic E-state index is 14.2. The van der Waals surface area contributed by atoms with Gasteiger partial charge in [-0.15, -0.1) is 0 Å². The first kappa shape index (κ1) is 19.2. The molecule has 0 fully saturated rings. The van der Waals surface area contributed by atoms with Crippen LogP contribution in [0.5, 0.6) is 0 Å². The summed E-state index contributed by atoms with van der Waals surface area (Å²) in [6.45, 7) is 0.788. The highest BCUT2D eigenvalue weighted by Gasteiger charge is 2.13. The topological polar surface area (TPSA) is 46.9 Å². The Hall–Kier alpha value is -3.18. The van der Waals surface area contributed by atoms with E-state index in [4.69, 9.17) is 16.6 Å². The molecular formula is C23H19ClFN3O. The average molecular weight is 408 g/mol. The lowest BCUT2D eigenvalue weighted by Gasteiger charge is -2.11. The molecule has 1 heterocycles. The summed E-state index contributed by atoms with van der Waals surface area (Å²) >= 11 is 5.95. The molecule has 0 aliphatic carbocycles. The van der Waals surface area contributed by atoms with Crippen molar-refractivity contribution in [1.82, 2.24) is 14.9 Å². The fraction of sp³-hybridized carbons (Fsp3) is 0.130. The lowest BCUT2D eigenvalue weighted by atomic mass is 10.2. The van der Waals surface area contributed by atoms with Gasteiger partial charge in [-0.1, -0.05) is 48.0 Å². The number of imidazole rings is 1. The number of para-hydroxylation sites is 2. The van der Waals surface area contributed by atoms with Gasteiger partial charge in [0.2, 0.25) is 0 Å². The lowest BCUT2D eigenvalue weighted by molar-refractivity contribution is 0.0954. The fourth-order valence-electron chi connectivity index (χ4n) is 3.31. The van der Waals surface area contributed by atoms with E-state index < -0.39 is 0 Å². The first-order valence-electron chi connectivity index (χ1n) is 9.33. The number of nitrogens with zero attached hydrogens (tertiary/aromatic N) is 2. The molecule has 4 aromatic rings. The number of halogens is 2. The summed E-state index contributed by atoms with van der Waals surface area (Å²) in [5, 5.41) is 3.41. The van der Waals surface area contributed by atoms with Crippen LogP contribution in [0.2, 0.25) is 5.02 Å². The standard InChI is InChI=1S/C23H19ClFN3O/c24-18-8-5-7-16(14-18)23(29)26-13-12-22-27-20-10-3-4-11-21(20)28(22)15-17-6-1-2-9-19(17)25/h1-11,14H,12-13,15H2,(H,26,29). The maximum atomic E-state index is 14.2. The largest absolute Gasteiger partial charge is 0.352 e. The Balaban J connectivity index is 1.54. The van der Waals surface area contributed by atoms with Gasteiger partial charge in [-0.2, -0.15) is 0 Å². The van der Waals surface area contributed by atoms with Crippen molar-refractivity contribution in [2.75, 3.05) is 6.54 Å². The Morgan fingerprint density at radius 2 is 1.83 bits per heavy atom. The van der Waals surface area contributed by atoms with Gasteiger partial charge in [-0.25, -0.2) is 9.37 Å². The number of aromatic nitrogens is 2. The molecule has 0 spiro atoms. The Morgan fingerprint density at radius 3 is 2.66 bits per heavy atom. The van der Waals surface area contributed by atoms with Crippen LogP contribution >= 0.6 is 11.6 Å². The van der Waals surface area contributed by atoms with E-state index in [9.17, 15) is 9.18 Å². The van der Waals surface area contributed by atoms with Crippen LogP contribution in [0.1, 0.15) is 21.7 Å². The third kappa shape index (κ3) is 4.30. The second-order valence-electron chi connectivity index (χ2n) is 6.71. The summed E-state index contributed by atoms with van der Waals surface area (Å²) in [7, 11) is 0. The molecular weight excluding hydrogens is 389 g/mol. The first-order valence-corrected chi connectivity index (χ1v) is 9.71. The number of fused-ring (bicyclic) bond motifs is 1. The summed E-state index contributed by atoms with van der Waals surface area (Å²) in [5.41, 5.74) is 2.89. The van der Waals surface area contributed by atoms with Gasteiger partial charge in [-0.05, 0) is 36.4 Å². The SMILES string of the molecule is O=C(NCCc1nc2ccccc2n1Cc1ccccc1F)c1cccc(Cl)c1. The smallest absolute Gasteiger partial charge is 0.251 e. The van der Waals surface area contributed by atoms with Crippen LogP contribution in [0, 0.1) is 5.82 Å². The van der Waals surface area contributed by atoms with Gasteiger partial charge in [0.05, 0.1) is 17.6 Å². The van der Waals surface area contributed by atoms with Crippen LogP contribution in [0.4, 0.5) is 4.39 Å². The van der Waals surface area contributed by atoms with Gasteiger partial charge in [0, 0.05) is 29.1 Å². The molecule has 0 radical (unpaired) electrons. The van der Waals surface area contributed by atoms with E-state index in [1.807, 2.05) is 34.9 Å². The summed E-state index contributed by atoms with van der Waals surface area (Å²) in [6, 6.07) is 21.3. The van der Waals surface area contributed by atoms with Gasteiger partial charge >= 0.3 is 0 Å². The number of amides is 1. The third-order valence-corrected chi connectivity index (χ3v) is 4.98. The zero-order valence-corrected chi connectivity index (χ0v) is 16.4. The minimum Gasteiger partial charge on any atom is -0.352 e. The maximum Gasteiger partial charge on any atom is 0.251 e. The van der Waals surface area contributed by atoms with E-state index in [2.05, 4.69) is 5.32 Å². The Bertz CT molecular complexity index is 1170. The number of hydrogen-bond acceptors (Lipinski definition) is 2. The normalized spacial score (nSPS) is 11.0.